The van der Waals surface area contributed by atoms with Crippen molar-refractivity contribution in [3.8, 4) is 0 Å². The molecule has 0 aliphatic carbocycles. The minimum absolute atomic E-state index is 0.0289. The number of carbonyl (C=O) groups excluding carboxylic acids is 1. The highest BCUT2D eigenvalue weighted by Crippen LogP contribution is 2.07. The van der Waals surface area contributed by atoms with Crippen LogP contribution >= 0.6 is 0 Å². The van der Waals surface area contributed by atoms with Gasteiger partial charge in [0.25, 0.3) is 5.91 Å². The van der Waals surface area contributed by atoms with Crippen LogP contribution in [0.4, 0.5) is 0 Å². The highest BCUT2D eigenvalue weighted by atomic mass is 16.5. The number of methoxy groups -OCH3 is 1. The summed E-state index contributed by atoms with van der Waals surface area (Å²) in [6, 6.07) is 5.64. The van der Waals surface area contributed by atoms with E-state index >= 15 is 0 Å². The molecule has 104 valence electrons. The van der Waals surface area contributed by atoms with Crippen molar-refractivity contribution in [1.29, 1.82) is 0 Å². The summed E-state index contributed by atoms with van der Waals surface area (Å²) in [6.07, 6.45) is -0.0289. The molecule has 1 rings (SSSR count). The first-order valence-electron chi connectivity index (χ1n) is 5.81. The Morgan fingerprint density at radius 2 is 2.16 bits per heavy atom. The third-order valence-corrected chi connectivity index (χ3v) is 2.52. The number of rotatable bonds is 7. The largest absolute Gasteiger partial charge is 0.480 e. The van der Waals surface area contributed by atoms with Crippen LogP contribution in [-0.2, 0) is 16.1 Å². The van der Waals surface area contributed by atoms with Gasteiger partial charge in [-0.05, 0) is 17.7 Å². The molecule has 0 saturated heterocycles. The van der Waals surface area contributed by atoms with Crippen LogP contribution in [0.2, 0.25) is 0 Å². The van der Waals surface area contributed by atoms with Crippen molar-refractivity contribution in [1.82, 2.24) is 5.32 Å². The van der Waals surface area contributed by atoms with Crippen LogP contribution in [0.15, 0.2) is 24.3 Å². The number of benzene rings is 1. The summed E-state index contributed by atoms with van der Waals surface area (Å²) >= 11 is 0. The lowest BCUT2D eigenvalue weighted by Gasteiger charge is -2.13. The summed E-state index contributed by atoms with van der Waals surface area (Å²) < 4.78 is 4.96. The highest BCUT2D eigenvalue weighted by Gasteiger charge is 2.19. The van der Waals surface area contributed by atoms with E-state index in [9.17, 15) is 9.59 Å². The average molecular weight is 267 g/mol. The van der Waals surface area contributed by atoms with Crippen molar-refractivity contribution in [3.63, 3.8) is 0 Å². The van der Waals surface area contributed by atoms with Gasteiger partial charge in [-0.2, -0.15) is 0 Å². The molecule has 19 heavy (non-hydrogen) atoms. The maximum atomic E-state index is 11.9. The van der Waals surface area contributed by atoms with E-state index in [1.54, 1.807) is 25.3 Å². The lowest BCUT2D eigenvalue weighted by molar-refractivity contribution is -0.139. The van der Waals surface area contributed by atoms with E-state index in [0.717, 1.165) is 5.56 Å². The molecule has 6 heteroatoms. The van der Waals surface area contributed by atoms with Gasteiger partial charge in [-0.25, -0.2) is 4.79 Å². The molecular formula is C13H17NO5. The molecule has 0 spiro atoms. The van der Waals surface area contributed by atoms with Gasteiger partial charge in [0.15, 0.2) is 0 Å². The summed E-state index contributed by atoms with van der Waals surface area (Å²) in [4.78, 5) is 22.8. The minimum Gasteiger partial charge on any atom is -0.480 e. The Morgan fingerprint density at radius 1 is 1.42 bits per heavy atom. The Hall–Kier alpha value is -1.92. The van der Waals surface area contributed by atoms with Crippen LogP contribution in [0, 0.1) is 0 Å². The van der Waals surface area contributed by atoms with Crippen LogP contribution in [0.25, 0.3) is 0 Å². The molecule has 0 aromatic heterocycles. The summed E-state index contributed by atoms with van der Waals surface area (Å²) in [6.45, 7) is 0.0705. The van der Waals surface area contributed by atoms with Crippen LogP contribution in [0.3, 0.4) is 0 Å². The summed E-state index contributed by atoms with van der Waals surface area (Å²) in [5.74, 6) is -1.66. The zero-order valence-electron chi connectivity index (χ0n) is 10.6. The summed E-state index contributed by atoms with van der Waals surface area (Å²) in [7, 11) is 1.55. The number of carboxylic acids is 1. The number of aliphatic hydroxyl groups is 1. The lowest BCUT2D eigenvalue weighted by atomic mass is 10.1. The summed E-state index contributed by atoms with van der Waals surface area (Å²) in [5, 5.41) is 20.0. The van der Waals surface area contributed by atoms with Crippen molar-refractivity contribution in [3.05, 3.63) is 35.4 Å². The first-order valence-corrected chi connectivity index (χ1v) is 5.81. The van der Waals surface area contributed by atoms with E-state index in [0.29, 0.717) is 12.2 Å². The number of hydrogen-bond donors (Lipinski definition) is 3. The molecule has 3 N–H and O–H groups in total. The smallest absolute Gasteiger partial charge is 0.326 e. The van der Waals surface area contributed by atoms with Crippen LogP contribution in [-0.4, -0.2) is 41.8 Å². The number of hydrogen-bond acceptors (Lipinski definition) is 4. The monoisotopic (exact) mass is 267 g/mol. The average Bonchev–Trinajstić information content (AvgIpc) is 2.38. The molecule has 0 heterocycles. The number of amides is 1. The third-order valence-electron chi connectivity index (χ3n) is 2.52. The van der Waals surface area contributed by atoms with Gasteiger partial charge in [0.2, 0.25) is 0 Å². The van der Waals surface area contributed by atoms with Gasteiger partial charge in [0.05, 0.1) is 6.61 Å². The van der Waals surface area contributed by atoms with Crippen LogP contribution < -0.4 is 5.32 Å². The Morgan fingerprint density at radius 3 is 2.74 bits per heavy atom. The molecule has 0 saturated carbocycles. The molecule has 1 aromatic rings. The molecule has 6 nitrogen and oxygen atoms in total. The van der Waals surface area contributed by atoms with Gasteiger partial charge < -0.3 is 20.3 Å². The molecular weight excluding hydrogens is 250 g/mol. The van der Waals surface area contributed by atoms with Gasteiger partial charge in [0.1, 0.15) is 6.04 Å². The molecule has 0 aliphatic heterocycles. The molecule has 0 radical (unpaired) electrons. The maximum Gasteiger partial charge on any atom is 0.326 e. The zero-order chi connectivity index (χ0) is 14.3. The first-order chi connectivity index (χ1) is 9.08. The normalized spacial score (nSPS) is 11.9. The van der Waals surface area contributed by atoms with E-state index in [2.05, 4.69) is 5.32 Å². The second kappa shape index (κ2) is 7.50. The van der Waals surface area contributed by atoms with Crippen LogP contribution in [0.1, 0.15) is 22.3 Å². The number of aliphatic carboxylic acids is 1. The van der Waals surface area contributed by atoms with Crippen molar-refractivity contribution in [2.45, 2.75) is 19.1 Å². The Balaban J connectivity index is 2.76. The highest BCUT2D eigenvalue weighted by molar-refractivity contribution is 5.96. The number of ether oxygens (including phenoxy) is 1. The fourth-order valence-corrected chi connectivity index (χ4v) is 1.60. The summed E-state index contributed by atoms with van der Waals surface area (Å²) in [5.41, 5.74) is 1.18. The predicted octanol–water partition coefficient (Wildman–Crippen LogP) is 0.398. The Kier molecular flexibility index (Phi) is 5.98. The minimum atomic E-state index is -1.17. The first kappa shape index (κ1) is 15.1. The number of carboxylic acid groups (broad SMARTS) is 1. The molecule has 1 atom stereocenters. The predicted molar refractivity (Wildman–Crippen MR) is 67.7 cm³/mol. The number of aliphatic hydroxyl groups excluding tert-OH is 1. The van der Waals surface area contributed by atoms with E-state index in [1.165, 1.54) is 0 Å². The second-order valence-electron chi connectivity index (χ2n) is 4.01. The van der Waals surface area contributed by atoms with Crippen LogP contribution in [0.5, 0.6) is 0 Å². The number of nitrogens with one attached hydrogen (secondary N) is 1. The Bertz CT molecular complexity index is 446. The van der Waals surface area contributed by atoms with E-state index in [4.69, 9.17) is 14.9 Å². The molecule has 0 fully saturated rings. The topological polar surface area (TPSA) is 95.9 Å². The second-order valence-corrected chi connectivity index (χ2v) is 4.01. The van der Waals surface area contributed by atoms with Crippen molar-refractivity contribution >= 4 is 11.9 Å². The fraction of sp³-hybridized carbons (Fsp3) is 0.385. The van der Waals surface area contributed by atoms with Gasteiger partial charge in [-0.3, -0.25) is 4.79 Å². The Labute approximate surface area is 111 Å². The van der Waals surface area contributed by atoms with Crippen molar-refractivity contribution in [2.24, 2.45) is 0 Å². The van der Waals surface area contributed by atoms with E-state index < -0.39 is 17.9 Å². The van der Waals surface area contributed by atoms with Gasteiger partial charge >= 0.3 is 5.97 Å². The molecule has 1 aromatic carbocycles. The van der Waals surface area contributed by atoms with E-state index in [-0.39, 0.29) is 13.0 Å². The van der Waals surface area contributed by atoms with Crippen molar-refractivity contribution in [2.75, 3.05) is 13.7 Å². The third kappa shape index (κ3) is 4.69. The fourth-order valence-electron chi connectivity index (χ4n) is 1.60. The SMILES string of the molecule is COCc1cccc(C(=O)NC(CCO)C(=O)O)c1. The molecule has 1 amide bonds. The molecule has 0 bridgehead atoms. The maximum absolute atomic E-state index is 11.9. The van der Waals surface area contributed by atoms with Gasteiger partial charge in [0, 0.05) is 25.7 Å². The standard InChI is InChI=1S/C13H17NO5/c1-19-8-9-3-2-4-10(7-9)12(16)14-11(5-6-15)13(17)18/h2-4,7,11,15H,5-6,8H2,1H3,(H,14,16)(H,17,18). The van der Waals surface area contributed by atoms with Crippen molar-refractivity contribution < 1.29 is 24.5 Å². The molecule has 1 unspecified atom stereocenters. The van der Waals surface area contributed by atoms with Gasteiger partial charge in [-0.15, -0.1) is 0 Å². The van der Waals surface area contributed by atoms with E-state index in [1.807, 2.05) is 6.07 Å². The quantitative estimate of drug-likeness (QED) is 0.664. The number of carbonyl (C=O) groups is 2. The van der Waals surface area contributed by atoms with Gasteiger partial charge in [-0.1, -0.05) is 12.1 Å². The lowest BCUT2D eigenvalue weighted by Crippen LogP contribution is -2.41. The zero-order valence-corrected chi connectivity index (χ0v) is 10.6. The molecule has 0 aliphatic rings.